The number of nitrogens with one attached hydrogen (secondary N) is 2. The van der Waals surface area contributed by atoms with Crippen LogP contribution in [0.25, 0.3) is 0 Å². The number of amides is 3. The van der Waals surface area contributed by atoms with Gasteiger partial charge in [0.1, 0.15) is 0 Å². The molecule has 5 heteroatoms. The van der Waals surface area contributed by atoms with Crippen LogP contribution in [-0.2, 0) is 0 Å². The Labute approximate surface area is 155 Å². The molecule has 1 aliphatic carbocycles. The Hall–Kier alpha value is -2.30. The second kappa shape index (κ2) is 9.41. The molecule has 1 fully saturated rings. The van der Waals surface area contributed by atoms with Crippen LogP contribution in [0, 0.1) is 0 Å². The minimum atomic E-state index is -0.219. The molecule has 26 heavy (non-hydrogen) atoms. The third-order valence-corrected chi connectivity index (χ3v) is 5.13. The zero-order valence-corrected chi connectivity index (χ0v) is 15.4. The van der Waals surface area contributed by atoms with Gasteiger partial charge in [0, 0.05) is 30.9 Å². The van der Waals surface area contributed by atoms with Crippen LogP contribution in [0.4, 0.5) is 10.5 Å². The average molecular weight is 355 g/mol. The van der Waals surface area contributed by atoms with Crippen LogP contribution in [0.1, 0.15) is 61.7 Å². The number of carbonyl (C=O) groups is 2. The average Bonchev–Trinajstić information content (AvgIpc) is 2.69. The van der Waals surface area contributed by atoms with E-state index in [0.29, 0.717) is 17.8 Å². The molecule has 1 saturated heterocycles. The molecule has 0 atom stereocenters. The maximum atomic E-state index is 12.6. The van der Waals surface area contributed by atoms with E-state index >= 15 is 0 Å². The van der Waals surface area contributed by atoms with E-state index in [4.69, 9.17) is 0 Å². The molecule has 2 N–H and O–H groups in total. The maximum Gasteiger partial charge on any atom is 0.319 e. The van der Waals surface area contributed by atoms with Crippen molar-refractivity contribution in [3.05, 3.63) is 41.5 Å². The monoisotopic (exact) mass is 355 g/mol. The summed E-state index contributed by atoms with van der Waals surface area (Å²) in [5, 5.41) is 5.74. The van der Waals surface area contributed by atoms with Crippen LogP contribution in [0.5, 0.6) is 0 Å². The number of allylic oxidation sites excluding steroid dienone is 1. The lowest BCUT2D eigenvalue weighted by atomic mass is 9.97. The fraction of sp³-hybridized carbons (Fsp3) is 0.524. The highest BCUT2D eigenvalue weighted by molar-refractivity contribution is 5.97. The summed E-state index contributed by atoms with van der Waals surface area (Å²) in [7, 11) is 0. The van der Waals surface area contributed by atoms with E-state index in [2.05, 4.69) is 16.7 Å². The molecule has 0 radical (unpaired) electrons. The van der Waals surface area contributed by atoms with Gasteiger partial charge in [0.15, 0.2) is 0 Å². The van der Waals surface area contributed by atoms with Gasteiger partial charge in [-0.3, -0.25) is 4.79 Å². The number of nitrogens with zero attached hydrogens (tertiary/aromatic N) is 1. The molecule has 0 bridgehead atoms. The summed E-state index contributed by atoms with van der Waals surface area (Å²) >= 11 is 0. The van der Waals surface area contributed by atoms with E-state index in [1.54, 1.807) is 6.07 Å². The van der Waals surface area contributed by atoms with Gasteiger partial charge in [-0.15, -0.1) is 0 Å². The van der Waals surface area contributed by atoms with Gasteiger partial charge in [-0.05, 0) is 69.6 Å². The quantitative estimate of drug-likeness (QED) is 0.773. The first-order valence-electron chi connectivity index (χ1n) is 9.84. The molecule has 0 spiro atoms. The SMILES string of the molecule is O=C(NCCC1=CCCCC1)Nc1cccc(C(=O)N2CCCCC2)c1. The van der Waals surface area contributed by atoms with Crippen LogP contribution in [0.2, 0.25) is 0 Å². The van der Waals surface area contributed by atoms with Gasteiger partial charge in [-0.2, -0.15) is 0 Å². The van der Waals surface area contributed by atoms with Crippen molar-refractivity contribution in [2.45, 2.75) is 51.4 Å². The van der Waals surface area contributed by atoms with Crippen molar-refractivity contribution in [3.63, 3.8) is 0 Å². The number of piperidine rings is 1. The number of rotatable bonds is 5. The van der Waals surface area contributed by atoms with Gasteiger partial charge < -0.3 is 15.5 Å². The second-order valence-corrected chi connectivity index (χ2v) is 7.17. The van der Waals surface area contributed by atoms with Gasteiger partial charge >= 0.3 is 6.03 Å². The van der Waals surface area contributed by atoms with Crippen LogP contribution in [0.3, 0.4) is 0 Å². The fourth-order valence-corrected chi connectivity index (χ4v) is 3.65. The van der Waals surface area contributed by atoms with Crippen LogP contribution in [-0.4, -0.2) is 36.5 Å². The molecule has 0 saturated carbocycles. The number of likely N-dealkylation sites (tertiary alicyclic amines) is 1. The first-order valence-corrected chi connectivity index (χ1v) is 9.84. The van der Waals surface area contributed by atoms with E-state index in [0.717, 1.165) is 38.8 Å². The first-order chi connectivity index (χ1) is 12.7. The second-order valence-electron chi connectivity index (χ2n) is 7.17. The summed E-state index contributed by atoms with van der Waals surface area (Å²) in [5.74, 6) is 0.0537. The van der Waals surface area contributed by atoms with E-state index in [1.165, 1.54) is 31.3 Å². The Kier molecular flexibility index (Phi) is 6.69. The summed E-state index contributed by atoms with van der Waals surface area (Å²) in [4.78, 5) is 26.6. The number of benzene rings is 1. The van der Waals surface area contributed by atoms with E-state index in [-0.39, 0.29) is 11.9 Å². The minimum Gasteiger partial charge on any atom is -0.339 e. The summed E-state index contributed by atoms with van der Waals surface area (Å²) in [6.45, 7) is 2.30. The van der Waals surface area contributed by atoms with E-state index in [9.17, 15) is 9.59 Å². The zero-order chi connectivity index (χ0) is 18.2. The summed E-state index contributed by atoms with van der Waals surface area (Å²) in [6.07, 6.45) is 11.4. The first kappa shape index (κ1) is 18.5. The zero-order valence-electron chi connectivity index (χ0n) is 15.4. The van der Waals surface area contributed by atoms with Crippen LogP contribution >= 0.6 is 0 Å². The smallest absolute Gasteiger partial charge is 0.319 e. The Morgan fingerprint density at radius 1 is 1.04 bits per heavy atom. The van der Waals surface area contributed by atoms with Crippen LogP contribution < -0.4 is 10.6 Å². The molecule has 0 unspecified atom stereocenters. The van der Waals surface area contributed by atoms with E-state index < -0.39 is 0 Å². The molecule has 5 nitrogen and oxygen atoms in total. The highest BCUT2D eigenvalue weighted by Crippen LogP contribution is 2.19. The molecular weight excluding hydrogens is 326 g/mol. The molecule has 1 aliphatic heterocycles. The normalized spacial score (nSPS) is 17.4. The molecule has 3 amide bonds. The Morgan fingerprint density at radius 2 is 1.88 bits per heavy atom. The lowest BCUT2D eigenvalue weighted by Gasteiger charge is -2.26. The van der Waals surface area contributed by atoms with Crippen molar-refractivity contribution in [2.75, 3.05) is 25.0 Å². The topological polar surface area (TPSA) is 61.4 Å². The fourth-order valence-electron chi connectivity index (χ4n) is 3.65. The van der Waals surface area contributed by atoms with Crippen molar-refractivity contribution >= 4 is 17.6 Å². The van der Waals surface area contributed by atoms with Gasteiger partial charge in [0.25, 0.3) is 5.91 Å². The maximum absolute atomic E-state index is 12.6. The Bertz CT molecular complexity index is 663. The molecule has 1 aromatic carbocycles. The number of urea groups is 1. The van der Waals surface area contributed by atoms with Gasteiger partial charge in [-0.1, -0.05) is 17.7 Å². The molecule has 2 aliphatic rings. The molecule has 140 valence electrons. The lowest BCUT2D eigenvalue weighted by Crippen LogP contribution is -2.35. The largest absolute Gasteiger partial charge is 0.339 e. The number of hydrogen-bond donors (Lipinski definition) is 2. The third-order valence-electron chi connectivity index (χ3n) is 5.13. The van der Waals surface area contributed by atoms with Crippen molar-refractivity contribution in [1.29, 1.82) is 0 Å². The number of carbonyl (C=O) groups excluding carboxylic acids is 2. The minimum absolute atomic E-state index is 0.0537. The Balaban J connectivity index is 1.48. The highest BCUT2D eigenvalue weighted by atomic mass is 16.2. The van der Waals surface area contributed by atoms with Gasteiger partial charge in [0.2, 0.25) is 0 Å². The summed E-state index contributed by atoms with van der Waals surface area (Å²) in [5.41, 5.74) is 2.74. The van der Waals surface area contributed by atoms with Gasteiger partial charge in [0.05, 0.1) is 0 Å². The highest BCUT2D eigenvalue weighted by Gasteiger charge is 2.18. The predicted octanol–water partition coefficient (Wildman–Crippen LogP) is 4.32. The molecular formula is C21H29N3O2. The van der Waals surface area contributed by atoms with Crippen LogP contribution in [0.15, 0.2) is 35.9 Å². The van der Waals surface area contributed by atoms with Crippen molar-refractivity contribution < 1.29 is 9.59 Å². The molecule has 0 aromatic heterocycles. The lowest BCUT2D eigenvalue weighted by molar-refractivity contribution is 0.0724. The number of anilines is 1. The van der Waals surface area contributed by atoms with E-state index in [1.807, 2.05) is 23.1 Å². The van der Waals surface area contributed by atoms with Crippen molar-refractivity contribution in [1.82, 2.24) is 10.2 Å². The Morgan fingerprint density at radius 3 is 2.65 bits per heavy atom. The summed E-state index contributed by atoms with van der Waals surface area (Å²) < 4.78 is 0. The molecule has 1 heterocycles. The van der Waals surface area contributed by atoms with Crippen molar-refractivity contribution in [3.8, 4) is 0 Å². The summed E-state index contributed by atoms with van der Waals surface area (Å²) in [6, 6.07) is 7.00. The van der Waals surface area contributed by atoms with Gasteiger partial charge in [-0.25, -0.2) is 4.79 Å². The molecule has 3 rings (SSSR count). The standard InChI is InChI=1S/C21H29N3O2/c25-20(24-14-5-2-6-15-24)18-10-7-11-19(16-18)23-21(26)22-13-12-17-8-3-1-4-9-17/h7-8,10-11,16H,1-6,9,12-15H2,(H2,22,23,26). The molecule has 1 aromatic rings. The number of hydrogen-bond acceptors (Lipinski definition) is 2. The predicted molar refractivity (Wildman–Crippen MR) is 104 cm³/mol. The third kappa shape index (κ3) is 5.35. The van der Waals surface area contributed by atoms with Crippen molar-refractivity contribution in [2.24, 2.45) is 0 Å².